The molecule has 0 atom stereocenters. The van der Waals surface area contributed by atoms with Crippen molar-refractivity contribution in [1.82, 2.24) is 0 Å². The lowest BCUT2D eigenvalue weighted by atomic mass is 10.1. The van der Waals surface area contributed by atoms with Crippen molar-refractivity contribution in [3.8, 4) is 0 Å². The number of benzene rings is 1. The number of halogens is 2. The first kappa shape index (κ1) is 11.2. The Kier molecular flexibility index (Phi) is 4.60. The van der Waals surface area contributed by atoms with E-state index in [2.05, 4.69) is 0 Å². The van der Waals surface area contributed by atoms with Crippen LogP contribution in [0.3, 0.4) is 0 Å². The molecule has 0 aliphatic heterocycles. The topological polar surface area (TPSA) is 17.1 Å². The molecule has 0 fully saturated rings. The first-order valence-corrected chi connectivity index (χ1v) is 5.13. The van der Waals surface area contributed by atoms with Gasteiger partial charge >= 0.3 is 0 Å². The lowest BCUT2D eigenvalue weighted by molar-refractivity contribution is 0.0976. The molecule has 0 N–H and O–H groups in total. The third-order valence-corrected chi connectivity index (χ3v) is 2.23. The van der Waals surface area contributed by atoms with Crippen molar-refractivity contribution < 1.29 is 9.18 Å². The molecule has 0 saturated heterocycles. The molecule has 0 unspecified atom stereocenters. The number of Topliss-reactive ketones (excluding diaryl/α,β-unsaturated/α-hetero) is 1. The molecule has 0 aromatic heterocycles. The molecule has 0 bridgehead atoms. The summed E-state index contributed by atoms with van der Waals surface area (Å²) in [6, 6.07) is 6.05. The summed E-state index contributed by atoms with van der Waals surface area (Å²) >= 11 is 5.48. The lowest BCUT2D eigenvalue weighted by Gasteiger charge is -2.00. The van der Waals surface area contributed by atoms with Gasteiger partial charge in [0.1, 0.15) is 5.82 Å². The Bertz CT molecular complexity index is 312. The molecule has 3 heteroatoms. The van der Waals surface area contributed by atoms with Crippen LogP contribution < -0.4 is 0 Å². The number of carbonyl (C=O) groups is 1. The number of unbranched alkanes of at least 4 members (excludes halogenated alkanes) is 1. The van der Waals surface area contributed by atoms with Crippen molar-refractivity contribution in [3.63, 3.8) is 0 Å². The molecule has 0 heterocycles. The van der Waals surface area contributed by atoms with Gasteiger partial charge in [0.05, 0.1) is 5.56 Å². The molecule has 1 aromatic rings. The van der Waals surface area contributed by atoms with E-state index >= 15 is 0 Å². The number of alkyl halides is 1. The van der Waals surface area contributed by atoms with Gasteiger partial charge in [-0.1, -0.05) is 12.1 Å². The lowest BCUT2D eigenvalue weighted by Crippen LogP contribution is -2.01. The first-order chi connectivity index (χ1) is 6.75. The van der Waals surface area contributed by atoms with Crippen LogP contribution in [0.15, 0.2) is 24.3 Å². The Balaban J connectivity index is 2.56. The number of carbonyl (C=O) groups excluding carboxylic acids is 1. The van der Waals surface area contributed by atoms with E-state index in [-0.39, 0.29) is 11.3 Å². The molecule has 0 amide bonds. The maximum absolute atomic E-state index is 13.1. The zero-order chi connectivity index (χ0) is 10.4. The van der Waals surface area contributed by atoms with Crippen molar-refractivity contribution in [1.29, 1.82) is 0 Å². The summed E-state index contributed by atoms with van der Waals surface area (Å²) in [5.74, 6) is -0.0403. The SMILES string of the molecule is O=C(CCCCCl)c1ccccc1F. The minimum atomic E-state index is -0.441. The molecule has 0 saturated carbocycles. The van der Waals surface area contributed by atoms with Crippen molar-refractivity contribution in [3.05, 3.63) is 35.6 Å². The largest absolute Gasteiger partial charge is 0.294 e. The molecule has 14 heavy (non-hydrogen) atoms. The number of hydrogen-bond donors (Lipinski definition) is 0. The van der Waals surface area contributed by atoms with Gasteiger partial charge in [-0.15, -0.1) is 11.6 Å². The van der Waals surface area contributed by atoms with Crippen LogP contribution in [0.5, 0.6) is 0 Å². The van der Waals surface area contributed by atoms with Gasteiger partial charge in [0.25, 0.3) is 0 Å². The molecule has 0 aliphatic carbocycles. The fourth-order valence-corrected chi connectivity index (χ4v) is 1.39. The van der Waals surface area contributed by atoms with Gasteiger partial charge in [0.2, 0.25) is 0 Å². The molecule has 1 nitrogen and oxygen atoms in total. The van der Waals surface area contributed by atoms with Gasteiger partial charge in [-0.3, -0.25) is 4.79 Å². The standard InChI is InChI=1S/C11H12ClFO/c12-8-4-3-7-11(14)9-5-1-2-6-10(9)13/h1-2,5-6H,3-4,7-8H2. The first-order valence-electron chi connectivity index (χ1n) is 4.59. The van der Waals surface area contributed by atoms with Gasteiger partial charge in [0, 0.05) is 12.3 Å². The number of ketones is 1. The van der Waals surface area contributed by atoms with Crippen molar-refractivity contribution in [2.45, 2.75) is 19.3 Å². The Labute approximate surface area is 87.9 Å². The Morgan fingerprint density at radius 3 is 2.64 bits per heavy atom. The summed E-state index contributed by atoms with van der Waals surface area (Å²) in [5.41, 5.74) is 0.182. The van der Waals surface area contributed by atoms with Gasteiger partial charge in [-0.25, -0.2) is 4.39 Å². The van der Waals surface area contributed by atoms with Crippen LogP contribution in [0.1, 0.15) is 29.6 Å². The van der Waals surface area contributed by atoms with Crippen LogP contribution in [-0.2, 0) is 0 Å². The number of hydrogen-bond acceptors (Lipinski definition) is 1. The van der Waals surface area contributed by atoms with E-state index in [1.54, 1.807) is 12.1 Å². The van der Waals surface area contributed by atoms with Crippen molar-refractivity contribution >= 4 is 17.4 Å². The summed E-state index contributed by atoms with van der Waals surface area (Å²) in [5, 5.41) is 0. The van der Waals surface area contributed by atoms with Gasteiger partial charge in [0.15, 0.2) is 5.78 Å². The zero-order valence-electron chi connectivity index (χ0n) is 7.80. The third kappa shape index (κ3) is 3.11. The molecule has 76 valence electrons. The van der Waals surface area contributed by atoms with E-state index in [0.717, 1.165) is 12.8 Å². The van der Waals surface area contributed by atoms with Crippen LogP contribution >= 0.6 is 11.6 Å². The minimum absolute atomic E-state index is 0.145. The van der Waals surface area contributed by atoms with Crippen LogP contribution in [0.2, 0.25) is 0 Å². The second-order valence-electron chi connectivity index (χ2n) is 3.05. The van der Waals surface area contributed by atoms with Gasteiger partial charge in [-0.2, -0.15) is 0 Å². The van der Waals surface area contributed by atoms with Crippen LogP contribution in [0, 0.1) is 5.82 Å². The summed E-state index contributed by atoms with van der Waals surface area (Å²) < 4.78 is 13.1. The van der Waals surface area contributed by atoms with Crippen molar-refractivity contribution in [2.75, 3.05) is 5.88 Å². The average Bonchev–Trinajstić information content (AvgIpc) is 2.18. The van der Waals surface area contributed by atoms with E-state index < -0.39 is 5.82 Å². The third-order valence-electron chi connectivity index (χ3n) is 1.96. The van der Waals surface area contributed by atoms with E-state index in [1.165, 1.54) is 12.1 Å². The molecular formula is C11H12ClFO. The van der Waals surface area contributed by atoms with E-state index in [0.29, 0.717) is 12.3 Å². The van der Waals surface area contributed by atoms with Crippen LogP contribution in [0.4, 0.5) is 4.39 Å². The normalized spacial score (nSPS) is 10.1. The summed E-state index contributed by atoms with van der Waals surface area (Å²) in [4.78, 5) is 11.5. The van der Waals surface area contributed by atoms with E-state index in [4.69, 9.17) is 11.6 Å². The molecule has 0 spiro atoms. The minimum Gasteiger partial charge on any atom is -0.294 e. The highest BCUT2D eigenvalue weighted by Gasteiger charge is 2.09. The highest BCUT2D eigenvalue weighted by molar-refractivity contribution is 6.17. The highest BCUT2D eigenvalue weighted by Crippen LogP contribution is 2.11. The maximum atomic E-state index is 13.1. The second-order valence-corrected chi connectivity index (χ2v) is 3.43. The van der Waals surface area contributed by atoms with Crippen molar-refractivity contribution in [2.24, 2.45) is 0 Å². The predicted molar refractivity (Wildman–Crippen MR) is 55.3 cm³/mol. The number of rotatable bonds is 5. The molecule has 1 rings (SSSR count). The summed E-state index contributed by atoms with van der Waals surface area (Å²) in [7, 11) is 0. The second kappa shape index (κ2) is 5.76. The summed E-state index contributed by atoms with van der Waals surface area (Å²) in [6.07, 6.45) is 1.88. The Morgan fingerprint density at radius 2 is 2.00 bits per heavy atom. The maximum Gasteiger partial charge on any atom is 0.165 e. The fourth-order valence-electron chi connectivity index (χ4n) is 1.20. The molecule has 0 aliphatic rings. The monoisotopic (exact) mass is 214 g/mol. The average molecular weight is 215 g/mol. The predicted octanol–water partition coefficient (Wildman–Crippen LogP) is 3.42. The molecule has 1 aromatic carbocycles. The Hall–Kier alpha value is -0.890. The molecule has 0 radical (unpaired) electrons. The van der Waals surface area contributed by atoms with E-state index in [1.807, 2.05) is 0 Å². The smallest absolute Gasteiger partial charge is 0.165 e. The molecular weight excluding hydrogens is 203 g/mol. The van der Waals surface area contributed by atoms with Crippen LogP contribution in [-0.4, -0.2) is 11.7 Å². The summed E-state index contributed by atoms with van der Waals surface area (Å²) in [6.45, 7) is 0. The van der Waals surface area contributed by atoms with Gasteiger partial charge < -0.3 is 0 Å². The Morgan fingerprint density at radius 1 is 1.29 bits per heavy atom. The van der Waals surface area contributed by atoms with Gasteiger partial charge in [-0.05, 0) is 25.0 Å². The highest BCUT2D eigenvalue weighted by atomic mass is 35.5. The zero-order valence-corrected chi connectivity index (χ0v) is 8.56. The van der Waals surface area contributed by atoms with E-state index in [9.17, 15) is 9.18 Å². The fraction of sp³-hybridized carbons (Fsp3) is 0.364. The quantitative estimate of drug-likeness (QED) is 0.417. The van der Waals surface area contributed by atoms with Crippen LogP contribution in [0.25, 0.3) is 0 Å².